The van der Waals surface area contributed by atoms with E-state index in [0.717, 1.165) is 4.90 Å². The van der Waals surface area contributed by atoms with Gasteiger partial charge in [-0.2, -0.15) is 0 Å². The molecule has 0 aliphatic carbocycles. The normalized spacial score (nSPS) is 14.1. The molecule has 0 fully saturated rings. The van der Waals surface area contributed by atoms with Crippen LogP contribution in [-0.4, -0.2) is 54.1 Å². The highest BCUT2D eigenvalue weighted by molar-refractivity contribution is 6.21. The molecule has 2 N–H and O–H groups in total. The second-order valence-electron chi connectivity index (χ2n) is 8.47. The van der Waals surface area contributed by atoms with Gasteiger partial charge in [0.25, 0.3) is 17.7 Å². The molecule has 2 aliphatic rings. The zero-order valence-corrected chi connectivity index (χ0v) is 19.6. The maximum Gasteiger partial charge on any atom is 0.265 e. The highest BCUT2D eigenvalue weighted by Gasteiger charge is 2.35. The molecule has 37 heavy (non-hydrogen) atoms. The van der Waals surface area contributed by atoms with Crippen LogP contribution in [0.3, 0.4) is 0 Å². The van der Waals surface area contributed by atoms with Crippen LogP contribution in [0, 0.1) is 0 Å². The third kappa shape index (κ3) is 4.90. The number of benzene rings is 3. The van der Waals surface area contributed by atoms with E-state index in [0.29, 0.717) is 33.9 Å². The summed E-state index contributed by atoms with van der Waals surface area (Å²) in [6, 6.07) is 20.2. The molecule has 3 aromatic rings. The lowest BCUT2D eigenvalue weighted by Gasteiger charge is -2.29. The van der Waals surface area contributed by atoms with Crippen LogP contribution >= 0.6 is 0 Å². The van der Waals surface area contributed by atoms with Crippen LogP contribution in [0.2, 0.25) is 0 Å². The van der Waals surface area contributed by atoms with Gasteiger partial charge in [0.1, 0.15) is 12.3 Å². The van der Waals surface area contributed by atoms with E-state index >= 15 is 0 Å². The number of anilines is 3. The first-order valence-electron chi connectivity index (χ1n) is 11.6. The van der Waals surface area contributed by atoms with Crippen molar-refractivity contribution < 1.29 is 28.7 Å². The van der Waals surface area contributed by atoms with Gasteiger partial charge in [-0.05, 0) is 42.5 Å². The number of imide groups is 1. The van der Waals surface area contributed by atoms with E-state index in [4.69, 9.17) is 4.74 Å². The Morgan fingerprint density at radius 3 is 2.11 bits per heavy atom. The fraction of sp³-hybridized carbons (Fsp3) is 0.148. The number of nitrogens with zero attached hydrogens (tertiary/aromatic N) is 2. The molecule has 0 spiro atoms. The molecule has 5 rings (SSSR count). The van der Waals surface area contributed by atoms with Crippen molar-refractivity contribution in [1.29, 1.82) is 0 Å². The molecule has 10 heteroatoms. The Kier molecular flexibility index (Phi) is 6.38. The van der Waals surface area contributed by atoms with Gasteiger partial charge in [-0.3, -0.25) is 33.8 Å². The quantitative estimate of drug-likeness (QED) is 0.483. The Balaban J connectivity index is 1.23. The molecule has 3 aromatic carbocycles. The van der Waals surface area contributed by atoms with E-state index in [1.807, 2.05) is 6.07 Å². The summed E-state index contributed by atoms with van der Waals surface area (Å²) in [5.41, 5.74) is 1.97. The Labute approximate surface area is 211 Å². The second kappa shape index (κ2) is 9.94. The standard InChI is InChI=1S/C27H22N4O6/c32-23(12-13-30-26(35)19-8-4-5-9-20(19)27(30)36)29-18-10-11-22-21(14-18)31(25(34)16-37-22)15-24(33)28-17-6-2-1-3-7-17/h1-11,14H,12-13,15-16H2,(H,28,33)(H,29,32). The van der Waals surface area contributed by atoms with Gasteiger partial charge in [0.2, 0.25) is 11.8 Å². The summed E-state index contributed by atoms with van der Waals surface area (Å²) in [7, 11) is 0. The van der Waals surface area contributed by atoms with Crippen molar-refractivity contribution in [2.24, 2.45) is 0 Å². The number of ether oxygens (including phenoxy) is 1. The van der Waals surface area contributed by atoms with Gasteiger partial charge in [0.05, 0.1) is 16.8 Å². The lowest BCUT2D eigenvalue weighted by Crippen LogP contribution is -2.43. The van der Waals surface area contributed by atoms with E-state index in [1.54, 1.807) is 66.7 Å². The monoisotopic (exact) mass is 498 g/mol. The minimum atomic E-state index is -0.428. The Morgan fingerprint density at radius 2 is 1.41 bits per heavy atom. The van der Waals surface area contributed by atoms with Gasteiger partial charge in [0, 0.05) is 24.3 Å². The number of para-hydroxylation sites is 1. The summed E-state index contributed by atoms with van der Waals surface area (Å²) in [4.78, 5) is 65.1. The van der Waals surface area contributed by atoms with Crippen LogP contribution in [0.5, 0.6) is 5.75 Å². The van der Waals surface area contributed by atoms with Crippen LogP contribution in [0.15, 0.2) is 72.8 Å². The number of nitrogens with one attached hydrogen (secondary N) is 2. The average Bonchev–Trinajstić information content (AvgIpc) is 3.14. The van der Waals surface area contributed by atoms with E-state index in [2.05, 4.69) is 10.6 Å². The number of hydrogen-bond donors (Lipinski definition) is 2. The predicted octanol–water partition coefficient (Wildman–Crippen LogP) is 2.68. The third-order valence-corrected chi connectivity index (χ3v) is 5.99. The fourth-order valence-electron chi connectivity index (χ4n) is 4.20. The molecule has 5 amide bonds. The van der Waals surface area contributed by atoms with Crippen molar-refractivity contribution in [3.05, 3.63) is 83.9 Å². The molecule has 2 heterocycles. The van der Waals surface area contributed by atoms with Crippen molar-refractivity contribution in [3.63, 3.8) is 0 Å². The molecule has 0 atom stereocenters. The summed E-state index contributed by atoms with van der Waals surface area (Å²) in [6.07, 6.45) is -0.110. The Hall–Kier alpha value is -4.99. The second-order valence-corrected chi connectivity index (χ2v) is 8.47. The number of amides is 5. The van der Waals surface area contributed by atoms with Gasteiger partial charge in [-0.15, -0.1) is 0 Å². The van der Waals surface area contributed by atoms with Crippen LogP contribution in [0.25, 0.3) is 0 Å². The molecular formula is C27H22N4O6. The van der Waals surface area contributed by atoms with Gasteiger partial charge in [0.15, 0.2) is 6.61 Å². The molecule has 186 valence electrons. The first kappa shape index (κ1) is 23.7. The highest BCUT2D eigenvalue weighted by Crippen LogP contribution is 2.34. The van der Waals surface area contributed by atoms with Crippen LogP contribution in [0.4, 0.5) is 17.1 Å². The van der Waals surface area contributed by atoms with Crippen molar-refractivity contribution in [1.82, 2.24) is 4.90 Å². The summed E-state index contributed by atoms with van der Waals surface area (Å²) >= 11 is 0. The number of rotatable bonds is 7. The lowest BCUT2D eigenvalue weighted by molar-refractivity contribution is -0.123. The average molecular weight is 498 g/mol. The number of hydrogen-bond acceptors (Lipinski definition) is 6. The first-order chi connectivity index (χ1) is 17.9. The Bertz CT molecular complexity index is 1390. The SMILES string of the molecule is O=C(CCN1C(=O)c2ccccc2C1=O)Nc1ccc2c(c1)N(CC(=O)Nc1ccccc1)C(=O)CO2. The molecule has 0 saturated carbocycles. The number of fused-ring (bicyclic) bond motifs is 2. The minimum Gasteiger partial charge on any atom is -0.482 e. The maximum absolute atomic E-state index is 12.6. The first-order valence-corrected chi connectivity index (χ1v) is 11.6. The van der Waals surface area contributed by atoms with Crippen LogP contribution in [-0.2, 0) is 14.4 Å². The molecule has 0 radical (unpaired) electrons. The minimum absolute atomic E-state index is 0.0729. The summed E-state index contributed by atoms with van der Waals surface area (Å²) < 4.78 is 5.48. The molecule has 0 aromatic heterocycles. The summed E-state index contributed by atoms with van der Waals surface area (Å²) in [6.45, 7) is -0.519. The topological polar surface area (TPSA) is 125 Å². The summed E-state index contributed by atoms with van der Waals surface area (Å²) in [5, 5.41) is 5.45. The zero-order valence-electron chi connectivity index (χ0n) is 19.6. The Morgan fingerprint density at radius 1 is 0.757 bits per heavy atom. The molecule has 0 saturated heterocycles. The number of carbonyl (C=O) groups excluding carboxylic acids is 5. The van der Waals surface area contributed by atoms with Gasteiger partial charge in [-0.25, -0.2) is 0 Å². The van der Waals surface area contributed by atoms with Crippen molar-refractivity contribution in [2.45, 2.75) is 6.42 Å². The van der Waals surface area contributed by atoms with Gasteiger partial charge in [-0.1, -0.05) is 30.3 Å². The van der Waals surface area contributed by atoms with Crippen LogP contribution < -0.4 is 20.3 Å². The number of carbonyl (C=O) groups is 5. The smallest absolute Gasteiger partial charge is 0.265 e. The fourth-order valence-corrected chi connectivity index (χ4v) is 4.20. The molecule has 10 nitrogen and oxygen atoms in total. The van der Waals surface area contributed by atoms with Gasteiger partial charge < -0.3 is 15.4 Å². The van der Waals surface area contributed by atoms with Crippen molar-refractivity contribution in [3.8, 4) is 5.75 Å². The van der Waals surface area contributed by atoms with Crippen molar-refractivity contribution in [2.75, 3.05) is 35.2 Å². The largest absolute Gasteiger partial charge is 0.482 e. The van der Waals surface area contributed by atoms with Crippen molar-refractivity contribution >= 4 is 46.6 Å². The predicted molar refractivity (Wildman–Crippen MR) is 134 cm³/mol. The van der Waals surface area contributed by atoms with Gasteiger partial charge >= 0.3 is 0 Å². The van der Waals surface area contributed by atoms with Crippen LogP contribution in [0.1, 0.15) is 27.1 Å². The summed E-state index contributed by atoms with van der Waals surface area (Å²) in [5.74, 6) is -1.67. The third-order valence-electron chi connectivity index (χ3n) is 5.99. The zero-order chi connectivity index (χ0) is 25.9. The molecule has 0 unspecified atom stereocenters. The van der Waals surface area contributed by atoms with E-state index < -0.39 is 23.6 Å². The molecule has 0 bridgehead atoms. The molecule has 2 aliphatic heterocycles. The van der Waals surface area contributed by atoms with E-state index in [1.165, 1.54) is 4.90 Å². The maximum atomic E-state index is 12.6. The van der Waals surface area contributed by atoms with E-state index in [-0.39, 0.29) is 32.0 Å². The lowest BCUT2D eigenvalue weighted by atomic mass is 10.1. The highest BCUT2D eigenvalue weighted by atomic mass is 16.5. The molecular weight excluding hydrogens is 476 g/mol. The van der Waals surface area contributed by atoms with E-state index in [9.17, 15) is 24.0 Å².